The van der Waals surface area contributed by atoms with Crippen LogP contribution >= 0.6 is 0 Å². The third-order valence-electron chi connectivity index (χ3n) is 4.94. The Morgan fingerprint density at radius 2 is 1.62 bits per heavy atom. The number of nitrogens with zero attached hydrogens (tertiary/aromatic N) is 3. The number of nitrogens with one attached hydrogen (secondary N) is 2. The maximum absolute atomic E-state index is 12.6. The highest BCUT2D eigenvalue weighted by atomic mass is 32.2. The zero-order valence-corrected chi connectivity index (χ0v) is 18.1. The molecule has 9 nitrogen and oxygen atoms in total. The molecule has 3 aromatic rings. The standard InChI is InChI=1S/C22H23N5O4S/c28-21(18-4-2-17(3-5-18)16-27-12-14-31-15-13-27)25-19-6-8-20(9-7-19)32(29,30)26-22-23-10-1-11-24-22/h1-11H,12-16H2,(H,25,28)(H,23,24,26). The number of anilines is 2. The number of morpholine rings is 1. The quantitative estimate of drug-likeness (QED) is 0.565. The van der Waals surface area contributed by atoms with Gasteiger partial charge in [0, 0.05) is 43.3 Å². The van der Waals surface area contributed by atoms with E-state index >= 15 is 0 Å². The second kappa shape index (κ2) is 9.86. The summed E-state index contributed by atoms with van der Waals surface area (Å²) >= 11 is 0. The van der Waals surface area contributed by atoms with E-state index in [0.29, 0.717) is 11.3 Å². The van der Waals surface area contributed by atoms with E-state index in [1.807, 2.05) is 12.1 Å². The summed E-state index contributed by atoms with van der Waals surface area (Å²) in [6.07, 6.45) is 2.89. The largest absolute Gasteiger partial charge is 0.379 e. The Bertz CT molecular complexity index is 1150. The molecule has 1 amide bonds. The molecule has 2 aromatic carbocycles. The smallest absolute Gasteiger partial charge is 0.264 e. The topological polar surface area (TPSA) is 114 Å². The first-order valence-electron chi connectivity index (χ1n) is 10.1. The average molecular weight is 454 g/mol. The number of aromatic nitrogens is 2. The highest BCUT2D eigenvalue weighted by molar-refractivity contribution is 7.92. The van der Waals surface area contributed by atoms with Crippen LogP contribution in [0.2, 0.25) is 0 Å². The molecule has 0 saturated carbocycles. The molecule has 0 radical (unpaired) electrons. The second-order valence-electron chi connectivity index (χ2n) is 7.24. The van der Waals surface area contributed by atoms with E-state index in [9.17, 15) is 13.2 Å². The van der Waals surface area contributed by atoms with Crippen LogP contribution in [0.15, 0.2) is 71.9 Å². The molecule has 10 heteroatoms. The Morgan fingerprint density at radius 3 is 2.28 bits per heavy atom. The van der Waals surface area contributed by atoms with Crippen LogP contribution in [0.25, 0.3) is 0 Å². The molecule has 1 fully saturated rings. The molecule has 1 saturated heterocycles. The number of sulfonamides is 1. The van der Waals surface area contributed by atoms with Gasteiger partial charge in [-0.3, -0.25) is 9.69 Å². The van der Waals surface area contributed by atoms with Gasteiger partial charge in [0.1, 0.15) is 0 Å². The molecular weight excluding hydrogens is 430 g/mol. The van der Waals surface area contributed by atoms with Gasteiger partial charge in [0.25, 0.3) is 15.9 Å². The number of rotatable bonds is 7. The first kappa shape index (κ1) is 21.9. The SMILES string of the molecule is O=C(Nc1ccc(S(=O)(=O)Nc2ncccn2)cc1)c1ccc(CN2CCOCC2)cc1. The third kappa shape index (κ3) is 5.67. The summed E-state index contributed by atoms with van der Waals surface area (Å²) < 4.78 is 32.6. The lowest BCUT2D eigenvalue weighted by molar-refractivity contribution is 0.0342. The molecule has 1 aromatic heterocycles. The van der Waals surface area contributed by atoms with Crippen LogP contribution in [-0.4, -0.2) is 55.5 Å². The van der Waals surface area contributed by atoms with Crippen LogP contribution in [0.1, 0.15) is 15.9 Å². The molecule has 0 bridgehead atoms. The lowest BCUT2D eigenvalue weighted by Crippen LogP contribution is -2.35. The molecule has 1 aliphatic rings. The Balaban J connectivity index is 1.36. The number of carbonyl (C=O) groups excluding carboxylic acids is 1. The molecule has 32 heavy (non-hydrogen) atoms. The van der Waals surface area contributed by atoms with Gasteiger partial charge in [-0.1, -0.05) is 12.1 Å². The van der Waals surface area contributed by atoms with Crippen molar-refractivity contribution in [3.05, 3.63) is 78.1 Å². The highest BCUT2D eigenvalue weighted by Crippen LogP contribution is 2.17. The minimum Gasteiger partial charge on any atom is -0.379 e. The van der Waals surface area contributed by atoms with Crippen molar-refractivity contribution in [2.45, 2.75) is 11.4 Å². The minimum absolute atomic E-state index is 0.0121. The van der Waals surface area contributed by atoms with Crippen molar-refractivity contribution >= 4 is 27.6 Å². The van der Waals surface area contributed by atoms with Crippen molar-refractivity contribution in [1.82, 2.24) is 14.9 Å². The van der Waals surface area contributed by atoms with E-state index in [1.165, 1.54) is 36.7 Å². The maximum atomic E-state index is 12.6. The van der Waals surface area contributed by atoms with Crippen molar-refractivity contribution in [1.29, 1.82) is 0 Å². The van der Waals surface area contributed by atoms with Crippen molar-refractivity contribution in [2.24, 2.45) is 0 Å². The Morgan fingerprint density at radius 1 is 0.969 bits per heavy atom. The highest BCUT2D eigenvalue weighted by Gasteiger charge is 2.16. The van der Waals surface area contributed by atoms with E-state index in [0.717, 1.165) is 38.4 Å². The van der Waals surface area contributed by atoms with Crippen molar-refractivity contribution in [2.75, 3.05) is 36.3 Å². The van der Waals surface area contributed by atoms with Gasteiger partial charge >= 0.3 is 0 Å². The van der Waals surface area contributed by atoms with Crippen molar-refractivity contribution in [3.63, 3.8) is 0 Å². The van der Waals surface area contributed by atoms with E-state index in [1.54, 1.807) is 18.2 Å². The van der Waals surface area contributed by atoms with Crippen LogP contribution in [0.4, 0.5) is 11.6 Å². The Labute approximate surface area is 186 Å². The van der Waals surface area contributed by atoms with E-state index < -0.39 is 10.0 Å². The molecule has 4 rings (SSSR count). The normalized spacial score (nSPS) is 14.6. The Kier molecular flexibility index (Phi) is 6.74. The molecule has 0 spiro atoms. The summed E-state index contributed by atoms with van der Waals surface area (Å²) in [5.74, 6) is -0.281. The minimum atomic E-state index is -3.83. The van der Waals surface area contributed by atoms with Crippen LogP contribution in [0.3, 0.4) is 0 Å². The van der Waals surface area contributed by atoms with E-state index in [-0.39, 0.29) is 16.8 Å². The van der Waals surface area contributed by atoms with Crippen molar-refractivity contribution < 1.29 is 17.9 Å². The fourth-order valence-electron chi connectivity index (χ4n) is 3.23. The van der Waals surface area contributed by atoms with Crippen LogP contribution in [0.5, 0.6) is 0 Å². The molecule has 0 aliphatic carbocycles. The molecule has 2 heterocycles. The zero-order chi connectivity index (χ0) is 22.4. The predicted octanol–water partition coefficient (Wildman–Crippen LogP) is 2.36. The van der Waals surface area contributed by atoms with Gasteiger partial charge in [-0.25, -0.2) is 23.1 Å². The lowest BCUT2D eigenvalue weighted by Gasteiger charge is -2.26. The molecular formula is C22H23N5O4S. The lowest BCUT2D eigenvalue weighted by atomic mass is 10.1. The number of hydrogen-bond acceptors (Lipinski definition) is 7. The van der Waals surface area contributed by atoms with Gasteiger partial charge in [-0.05, 0) is 48.0 Å². The summed E-state index contributed by atoms with van der Waals surface area (Å²) in [6, 6.07) is 14.9. The van der Waals surface area contributed by atoms with Crippen LogP contribution in [0, 0.1) is 0 Å². The summed E-state index contributed by atoms with van der Waals surface area (Å²) in [5, 5.41) is 2.78. The fourth-order valence-corrected chi connectivity index (χ4v) is 4.19. The summed E-state index contributed by atoms with van der Waals surface area (Å²) in [7, 11) is -3.83. The van der Waals surface area contributed by atoms with Gasteiger partial charge in [-0.15, -0.1) is 0 Å². The van der Waals surface area contributed by atoms with Gasteiger partial charge in [0.05, 0.1) is 18.1 Å². The summed E-state index contributed by atoms with van der Waals surface area (Å²) in [4.78, 5) is 22.6. The number of hydrogen-bond donors (Lipinski definition) is 2. The molecule has 0 atom stereocenters. The second-order valence-corrected chi connectivity index (χ2v) is 8.92. The maximum Gasteiger partial charge on any atom is 0.264 e. The van der Waals surface area contributed by atoms with Crippen LogP contribution in [-0.2, 0) is 21.3 Å². The first-order chi connectivity index (χ1) is 15.5. The average Bonchev–Trinajstić information content (AvgIpc) is 2.81. The third-order valence-corrected chi connectivity index (χ3v) is 6.28. The van der Waals surface area contributed by atoms with Gasteiger partial charge in [-0.2, -0.15) is 0 Å². The first-order valence-corrected chi connectivity index (χ1v) is 11.6. The molecule has 1 aliphatic heterocycles. The number of carbonyl (C=O) groups is 1. The number of ether oxygens (including phenoxy) is 1. The zero-order valence-electron chi connectivity index (χ0n) is 17.3. The summed E-state index contributed by atoms with van der Waals surface area (Å²) in [5.41, 5.74) is 2.14. The van der Waals surface area contributed by atoms with Gasteiger partial charge in [0.2, 0.25) is 5.95 Å². The monoisotopic (exact) mass is 453 g/mol. The molecule has 0 unspecified atom stereocenters. The van der Waals surface area contributed by atoms with Crippen molar-refractivity contribution in [3.8, 4) is 0 Å². The van der Waals surface area contributed by atoms with Gasteiger partial charge in [0.15, 0.2) is 0 Å². The summed E-state index contributed by atoms with van der Waals surface area (Å²) in [6.45, 7) is 4.13. The fraction of sp³-hybridized carbons (Fsp3) is 0.227. The van der Waals surface area contributed by atoms with E-state index in [4.69, 9.17) is 4.74 Å². The number of amides is 1. The predicted molar refractivity (Wildman–Crippen MR) is 120 cm³/mol. The van der Waals surface area contributed by atoms with Gasteiger partial charge < -0.3 is 10.1 Å². The van der Waals surface area contributed by atoms with E-state index in [2.05, 4.69) is 24.9 Å². The molecule has 2 N–H and O–H groups in total. The Hall–Kier alpha value is -3.34. The van der Waals surface area contributed by atoms with Crippen LogP contribution < -0.4 is 10.0 Å². The molecule has 166 valence electrons. The number of benzene rings is 2.